The smallest absolute Gasteiger partial charge is 0.355 e. The lowest BCUT2D eigenvalue weighted by Gasteiger charge is -2.14. The highest BCUT2D eigenvalue weighted by atomic mass is 35.5. The maximum absolute atomic E-state index is 12.1. The molecule has 0 aliphatic heterocycles. The van der Waals surface area contributed by atoms with Crippen LogP contribution in [0.4, 0.5) is 5.69 Å². The van der Waals surface area contributed by atoms with Crippen LogP contribution in [0, 0.1) is 0 Å². The highest BCUT2D eigenvalue weighted by Crippen LogP contribution is 2.29. The quantitative estimate of drug-likeness (QED) is 0.621. The number of halogens is 2. The predicted molar refractivity (Wildman–Crippen MR) is 90.8 cm³/mol. The molecule has 2 N–H and O–H groups in total. The molecule has 0 fully saturated rings. The van der Waals surface area contributed by atoms with Crippen molar-refractivity contribution in [2.75, 3.05) is 5.32 Å². The van der Waals surface area contributed by atoms with Gasteiger partial charge in [-0.05, 0) is 32.0 Å². The van der Waals surface area contributed by atoms with E-state index >= 15 is 0 Å². The van der Waals surface area contributed by atoms with Crippen LogP contribution in [0.5, 0.6) is 0 Å². The van der Waals surface area contributed by atoms with Crippen molar-refractivity contribution in [3.63, 3.8) is 0 Å². The molecule has 1 amide bonds. The molecule has 0 aliphatic carbocycles. The lowest BCUT2D eigenvalue weighted by atomic mass is 10.2. The molecule has 0 saturated heterocycles. The molecule has 8 heteroatoms. The van der Waals surface area contributed by atoms with Gasteiger partial charge in [-0.15, -0.1) is 0 Å². The van der Waals surface area contributed by atoms with E-state index in [0.29, 0.717) is 16.3 Å². The van der Waals surface area contributed by atoms with E-state index < -0.39 is 18.0 Å². The lowest BCUT2D eigenvalue weighted by molar-refractivity contribution is -0.123. The summed E-state index contributed by atoms with van der Waals surface area (Å²) < 4.78 is 5.06. The summed E-state index contributed by atoms with van der Waals surface area (Å²) in [4.78, 5) is 37.9. The van der Waals surface area contributed by atoms with Crippen LogP contribution in [-0.2, 0) is 9.53 Å². The zero-order valence-corrected chi connectivity index (χ0v) is 14.4. The maximum atomic E-state index is 12.1. The minimum atomic E-state index is -1.07. The number of H-pyrrole nitrogens is 1. The van der Waals surface area contributed by atoms with Crippen molar-refractivity contribution in [1.82, 2.24) is 4.98 Å². The fourth-order valence-corrected chi connectivity index (χ4v) is 2.18. The number of esters is 1. The van der Waals surface area contributed by atoms with E-state index in [1.165, 1.54) is 26.1 Å². The number of Topliss-reactive ketones (excluding diaryl/α,β-unsaturated/α-hetero) is 1. The maximum Gasteiger partial charge on any atom is 0.355 e. The van der Waals surface area contributed by atoms with Crippen molar-refractivity contribution < 1.29 is 19.1 Å². The first kappa shape index (κ1) is 18.0. The molecule has 1 unspecified atom stereocenters. The molecule has 1 heterocycles. The van der Waals surface area contributed by atoms with Crippen molar-refractivity contribution in [1.29, 1.82) is 0 Å². The summed E-state index contributed by atoms with van der Waals surface area (Å²) in [5, 5.41) is 3.02. The van der Waals surface area contributed by atoms with Crippen molar-refractivity contribution in [2.45, 2.75) is 20.0 Å². The summed E-state index contributed by atoms with van der Waals surface area (Å²) in [5.41, 5.74) is 0.751. The van der Waals surface area contributed by atoms with Crippen LogP contribution in [0.3, 0.4) is 0 Å². The van der Waals surface area contributed by atoms with E-state index in [1.54, 1.807) is 18.2 Å². The highest BCUT2D eigenvalue weighted by Gasteiger charge is 2.21. The molecule has 0 aliphatic rings. The van der Waals surface area contributed by atoms with Crippen LogP contribution in [0.2, 0.25) is 10.0 Å². The van der Waals surface area contributed by atoms with Gasteiger partial charge in [0.2, 0.25) is 0 Å². The molecule has 0 spiro atoms. The molecule has 1 aromatic heterocycles. The number of anilines is 1. The second-order valence-corrected chi connectivity index (χ2v) is 5.78. The van der Waals surface area contributed by atoms with E-state index in [4.69, 9.17) is 27.9 Å². The summed E-state index contributed by atoms with van der Waals surface area (Å²) in [6.07, 6.45) is 0.326. The SMILES string of the molecule is CC(=O)c1c[nH]c(C(=O)OC(C)C(=O)Nc2cccc(Cl)c2Cl)c1. The Labute approximate surface area is 148 Å². The summed E-state index contributed by atoms with van der Waals surface area (Å²) in [7, 11) is 0. The minimum absolute atomic E-state index is 0.0839. The Hall–Kier alpha value is -2.31. The molecule has 1 aromatic carbocycles. The number of amides is 1. The van der Waals surface area contributed by atoms with Gasteiger partial charge in [-0.25, -0.2) is 4.79 Å². The van der Waals surface area contributed by atoms with Gasteiger partial charge in [0.1, 0.15) is 5.69 Å². The Bertz CT molecular complexity index is 801. The van der Waals surface area contributed by atoms with Crippen molar-refractivity contribution >= 4 is 46.5 Å². The van der Waals surface area contributed by atoms with Crippen LogP contribution in [-0.4, -0.2) is 28.7 Å². The summed E-state index contributed by atoms with van der Waals surface area (Å²) in [6.45, 7) is 2.80. The molecular weight excluding hydrogens is 355 g/mol. The van der Waals surface area contributed by atoms with Crippen LogP contribution in [0.1, 0.15) is 34.7 Å². The first-order chi connectivity index (χ1) is 11.3. The molecule has 6 nitrogen and oxygen atoms in total. The number of ether oxygens (including phenoxy) is 1. The molecule has 2 aromatic rings. The zero-order chi connectivity index (χ0) is 17.9. The molecule has 1 atom stereocenters. The molecule has 2 rings (SSSR count). The standard InChI is InChI=1S/C16H14Cl2N2O4/c1-8(21)10-6-13(19-7-10)16(23)24-9(2)15(22)20-12-5-3-4-11(17)14(12)18/h3-7,9,19H,1-2H3,(H,20,22). The van der Waals surface area contributed by atoms with Gasteiger partial charge in [0.25, 0.3) is 5.91 Å². The molecule has 24 heavy (non-hydrogen) atoms. The van der Waals surface area contributed by atoms with Crippen molar-refractivity contribution in [3.8, 4) is 0 Å². The number of rotatable bonds is 5. The Morgan fingerprint density at radius 2 is 1.96 bits per heavy atom. The van der Waals surface area contributed by atoms with Crippen LogP contribution in [0.15, 0.2) is 30.5 Å². The van der Waals surface area contributed by atoms with Gasteiger partial charge in [-0.3, -0.25) is 9.59 Å². The third-order valence-electron chi connectivity index (χ3n) is 3.17. The lowest BCUT2D eigenvalue weighted by Crippen LogP contribution is -2.30. The van der Waals surface area contributed by atoms with E-state index in [0.717, 1.165) is 0 Å². The van der Waals surface area contributed by atoms with Crippen LogP contribution in [0.25, 0.3) is 0 Å². The summed E-state index contributed by atoms with van der Waals surface area (Å²) in [6, 6.07) is 6.15. The third kappa shape index (κ3) is 4.15. The molecule has 0 radical (unpaired) electrons. The predicted octanol–water partition coefficient (Wildman–Crippen LogP) is 3.71. The van der Waals surface area contributed by atoms with Gasteiger partial charge in [0.15, 0.2) is 11.9 Å². The fraction of sp³-hybridized carbons (Fsp3) is 0.188. The van der Waals surface area contributed by atoms with E-state index in [-0.39, 0.29) is 16.5 Å². The molecule has 0 bridgehead atoms. The number of hydrogen-bond donors (Lipinski definition) is 2. The first-order valence-electron chi connectivity index (χ1n) is 6.94. The summed E-state index contributed by atoms with van der Waals surface area (Å²) >= 11 is 11.9. The molecule has 0 saturated carbocycles. The van der Waals surface area contributed by atoms with Gasteiger partial charge in [-0.1, -0.05) is 29.3 Å². The normalized spacial score (nSPS) is 11.7. The largest absolute Gasteiger partial charge is 0.448 e. The summed E-state index contributed by atoms with van der Waals surface area (Å²) in [5.74, 6) is -1.50. The first-order valence-corrected chi connectivity index (χ1v) is 7.70. The Kier molecular flexibility index (Phi) is 5.64. The molecular formula is C16H14Cl2N2O4. The zero-order valence-electron chi connectivity index (χ0n) is 12.9. The van der Waals surface area contributed by atoms with Gasteiger partial charge in [0.05, 0.1) is 15.7 Å². The Balaban J connectivity index is 2.01. The highest BCUT2D eigenvalue weighted by molar-refractivity contribution is 6.44. The number of aromatic nitrogens is 1. The Morgan fingerprint density at radius 1 is 1.25 bits per heavy atom. The van der Waals surface area contributed by atoms with Gasteiger partial charge in [-0.2, -0.15) is 0 Å². The van der Waals surface area contributed by atoms with Crippen LogP contribution < -0.4 is 5.32 Å². The van der Waals surface area contributed by atoms with Crippen LogP contribution >= 0.6 is 23.2 Å². The third-order valence-corrected chi connectivity index (χ3v) is 3.99. The minimum Gasteiger partial charge on any atom is -0.448 e. The van der Waals surface area contributed by atoms with Crippen molar-refractivity contribution in [2.24, 2.45) is 0 Å². The van der Waals surface area contributed by atoms with Crippen molar-refractivity contribution in [3.05, 3.63) is 51.8 Å². The van der Waals surface area contributed by atoms with Gasteiger partial charge < -0.3 is 15.0 Å². The fourth-order valence-electron chi connectivity index (χ4n) is 1.83. The van der Waals surface area contributed by atoms with E-state index in [1.807, 2.05) is 0 Å². The number of ketones is 1. The monoisotopic (exact) mass is 368 g/mol. The number of carbonyl (C=O) groups excluding carboxylic acids is 3. The van der Waals surface area contributed by atoms with E-state index in [9.17, 15) is 14.4 Å². The number of benzene rings is 1. The number of nitrogens with one attached hydrogen (secondary N) is 2. The number of carbonyl (C=O) groups is 3. The second kappa shape index (κ2) is 7.51. The number of aromatic amines is 1. The van der Waals surface area contributed by atoms with Gasteiger partial charge in [0, 0.05) is 11.8 Å². The van der Waals surface area contributed by atoms with Gasteiger partial charge >= 0.3 is 5.97 Å². The average Bonchev–Trinajstić information content (AvgIpc) is 3.02. The topological polar surface area (TPSA) is 88.3 Å². The average molecular weight is 369 g/mol. The second-order valence-electron chi connectivity index (χ2n) is 5.00. The van der Waals surface area contributed by atoms with E-state index in [2.05, 4.69) is 10.3 Å². The Morgan fingerprint density at radius 3 is 2.58 bits per heavy atom. The number of hydrogen-bond acceptors (Lipinski definition) is 4. The molecule has 126 valence electrons.